The lowest BCUT2D eigenvalue weighted by Crippen LogP contribution is -2.28. The van der Waals surface area contributed by atoms with Crippen molar-refractivity contribution in [2.45, 2.75) is 6.54 Å². The molecule has 0 amide bonds. The summed E-state index contributed by atoms with van der Waals surface area (Å²) in [6, 6.07) is 83.1. The highest BCUT2D eigenvalue weighted by Crippen LogP contribution is 2.38. The second kappa shape index (κ2) is 16.5. The topological polar surface area (TPSA) is 39.2 Å². The van der Waals surface area contributed by atoms with Crippen molar-refractivity contribution in [1.82, 2.24) is 13.8 Å². The zero-order valence-corrected chi connectivity index (χ0v) is 36.5. The van der Waals surface area contributed by atoms with Gasteiger partial charge in [-0.15, -0.1) is 0 Å². The first-order valence-corrected chi connectivity index (χ1v) is 22.6. The number of benzene rings is 9. The first-order valence-electron chi connectivity index (χ1n) is 22.6. The third-order valence-electron chi connectivity index (χ3n) is 13.0. The molecule has 0 saturated carbocycles. The second-order valence-electron chi connectivity index (χ2n) is 16.8. The number of hydrogen-bond acceptors (Lipinski definition) is 2. The van der Waals surface area contributed by atoms with Crippen LogP contribution in [-0.4, -0.2) is 20.9 Å². The van der Waals surface area contributed by atoms with E-state index in [4.69, 9.17) is 4.99 Å². The predicted molar refractivity (Wildman–Crippen MR) is 276 cm³/mol. The number of rotatable bonds is 9. The van der Waals surface area contributed by atoms with Crippen LogP contribution in [0.1, 0.15) is 5.56 Å². The number of fused-ring (bicyclic) bond motifs is 6. The van der Waals surface area contributed by atoms with Gasteiger partial charge in [-0.25, -0.2) is 4.68 Å². The molecule has 9 aromatic carbocycles. The quantitative estimate of drug-likeness (QED) is 0.154. The molecule has 0 atom stereocenters. The van der Waals surface area contributed by atoms with E-state index >= 15 is 0 Å². The molecule has 1 N–H and O–H groups in total. The van der Waals surface area contributed by atoms with E-state index in [1.165, 1.54) is 82.7 Å². The van der Waals surface area contributed by atoms with Gasteiger partial charge < -0.3 is 14.6 Å². The van der Waals surface area contributed by atoms with Crippen LogP contribution in [0.5, 0.6) is 0 Å². The zero-order valence-electron chi connectivity index (χ0n) is 36.5. The smallest absolute Gasteiger partial charge is 0.154 e. The highest BCUT2D eigenvalue weighted by Gasteiger charge is 2.16. The normalized spacial score (nSPS) is 11.9. The summed E-state index contributed by atoms with van der Waals surface area (Å²) in [5.41, 5.74) is 21.8. The summed E-state index contributed by atoms with van der Waals surface area (Å²) in [6.07, 6.45) is 2.02. The monoisotopic (exact) mass is 847 g/mol. The number of hydrogen-bond donors (Lipinski definition) is 1. The minimum atomic E-state index is 0.537. The Morgan fingerprint density at radius 1 is 0.364 bits per heavy atom. The molecule has 0 aliphatic heterocycles. The first kappa shape index (κ1) is 39.0. The predicted octanol–water partition coefficient (Wildman–Crippen LogP) is 14.6. The molecule has 0 aliphatic carbocycles. The second-order valence-corrected chi connectivity index (χ2v) is 16.8. The number of pyridine rings is 1. The Hall–Kier alpha value is -8.67. The van der Waals surface area contributed by atoms with E-state index in [0.717, 1.165) is 27.9 Å². The average molecular weight is 848 g/mol. The van der Waals surface area contributed by atoms with Crippen LogP contribution >= 0.6 is 0 Å². The van der Waals surface area contributed by atoms with E-state index in [1.54, 1.807) is 0 Å². The maximum atomic E-state index is 5.22. The van der Waals surface area contributed by atoms with Crippen molar-refractivity contribution < 1.29 is 0 Å². The van der Waals surface area contributed by atoms with Gasteiger partial charge in [-0.3, -0.25) is 4.99 Å². The molecule has 0 bridgehead atoms. The van der Waals surface area contributed by atoms with Gasteiger partial charge in [-0.2, -0.15) is 0 Å². The summed E-state index contributed by atoms with van der Waals surface area (Å²) in [4.78, 5) is 5.22. The summed E-state index contributed by atoms with van der Waals surface area (Å²) in [7, 11) is 1.93. The maximum absolute atomic E-state index is 5.22. The van der Waals surface area contributed by atoms with Crippen LogP contribution in [-0.2, 0) is 6.54 Å². The Morgan fingerprint density at radius 2 is 0.803 bits per heavy atom. The van der Waals surface area contributed by atoms with Gasteiger partial charge in [-0.1, -0.05) is 158 Å². The summed E-state index contributed by atoms with van der Waals surface area (Å²) < 4.78 is 6.75. The molecule has 12 aromatic rings. The summed E-state index contributed by atoms with van der Waals surface area (Å²) in [5, 5.41) is 4.97. The minimum Gasteiger partial charge on any atom is -0.328 e. The number of nitrogens with zero attached hydrogens (tertiary/aromatic N) is 4. The van der Waals surface area contributed by atoms with Crippen molar-refractivity contribution in [2.75, 3.05) is 12.5 Å². The van der Waals surface area contributed by atoms with E-state index < -0.39 is 0 Å². The molecule has 66 heavy (non-hydrogen) atoms. The molecule has 3 heterocycles. The molecule has 5 heteroatoms. The van der Waals surface area contributed by atoms with Crippen molar-refractivity contribution >= 4 is 43.6 Å². The zero-order chi connectivity index (χ0) is 44.0. The number of nitrogens with one attached hydrogen (secondary N) is 1. The van der Waals surface area contributed by atoms with E-state index in [1.807, 2.05) is 17.9 Å². The van der Waals surface area contributed by atoms with Crippen LogP contribution in [0.3, 0.4) is 0 Å². The molecule has 314 valence electrons. The number of para-hydroxylation sites is 3. The highest BCUT2D eigenvalue weighted by molar-refractivity contribution is 6.12. The van der Waals surface area contributed by atoms with Gasteiger partial charge in [0.05, 0.1) is 28.6 Å². The van der Waals surface area contributed by atoms with Gasteiger partial charge >= 0.3 is 0 Å². The van der Waals surface area contributed by atoms with Gasteiger partial charge in [-0.05, 0) is 117 Å². The molecule has 5 nitrogen and oxygen atoms in total. The minimum absolute atomic E-state index is 0.537. The largest absolute Gasteiger partial charge is 0.328 e. The van der Waals surface area contributed by atoms with E-state index in [0.29, 0.717) is 6.54 Å². The van der Waals surface area contributed by atoms with E-state index in [9.17, 15) is 0 Å². The highest BCUT2D eigenvalue weighted by atomic mass is 15.4. The molecule has 0 fully saturated rings. The lowest BCUT2D eigenvalue weighted by Gasteiger charge is -2.12. The van der Waals surface area contributed by atoms with Crippen LogP contribution in [0.15, 0.2) is 242 Å². The lowest BCUT2D eigenvalue weighted by molar-refractivity contribution is 0.815. The van der Waals surface area contributed by atoms with Crippen molar-refractivity contribution in [3.63, 3.8) is 0 Å². The van der Waals surface area contributed by atoms with Crippen molar-refractivity contribution in [3.8, 4) is 55.9 Å². The van der Waals surface area contributed by atoms with Crippen molar-refractivity contribution in [3.05, 3.63) is 248 Å². The molecule has 0 aliphatic rings. The van der Waals surface area contributed by atoms with Gasteiger partial charge in [0.1, 0.15) is 0 Å². The van der Waals surface area contributed by atoms with Crippen LogP contribution < -0.4 is 10.9 Å². The molecular weight excluding hydrogens is 803 g/mol. The van der Waals surface area contributed by atoms with Gasteiger partial charge in [0.15, 0.2) is 5.49 Å². The van der Waals surface area contributed by atoms with E-state index in [-0.39, 0.29) is 0 Å². The summed E-state index contributed by atoms with van der Waals surface area (Å²) in [6.45, 7) is 0.537. The fourth-order valence-corrected chi connectivity index (χ4v) is 9.75. The van der Waals surface area contributed by atoms with Gasteiger partial charge in [0.25, 0.3) is 0 Å². The molecule has 0 saturated heterocycles. The third kappa shape index (κ3) is 6.86. The Balaban J connectivity index is 0.844. The Bertz CT molecular complexity index is 3780. The molecule has 0 spiro atoms. The van der Waals surface area contributed by atoms with Gasteiger partial charge in [0.2, 0.25) is 0 Å². The van der Waals surface area contributed by atoms with Crippen LogP contribution in [0.25, 0.3) is 99.5 Å². The van der Waals surface area contributed by atoms with Crippen molar-refractivity contribution in [1.29, 1.82) is 0 Å². The summed E-state index contributed by atoms with van der Waals surface area (Å²) in [5.74, 6) is 0. The Kier molecular flexibility index (Phi) is 9.72. The van der Waals surface area contributed by atoms with Crippen LogP contribution in [0.4, 0.5) is 0 Å². The molecule has 12 rings (SSSR count). The third-order valence-corrected chi connectivity index (χ3v) is 13.0. The standard InChI is InChI=1S/C61H45N5/c1-62-64-38-12-19-52(47-30-28-46(29-31-47)45-26-24-44(25-27-45)43-13-4-2-5-14-43)61(64)63-41-42-22-34-51(35-23-42)66-58-21-11-9-18-54(58)56-40-49(33-37-60(56)66)48-32-36-59-55(39-48)53-17-8-10-20-57(53)65(59)50-15-6-3-7-16-50/h2-40,62H,41H2,1H3/b63-61-. The number of aromatic nitrogens is 3. The van der Waals surface area contributed by atoms with Crippen LogP contribution in [0, 0.1) is 0 Å². The van der Waals surface area contributed by atoms with Gasteiger partial charge in [0, 0.05) is 51.7 Å². The van der Waals surface area contributed by atoms with Crippen molar-refractivity contribution in [2.24, 2.45) is 4.99 Å². The SMILES string of the molecule is CNn1cccc(-c2ccc(-c3ccc(-c4ccccc4)cc3)cc2)/c1=N/Cc1ccc(-n2c3ccccc3c3cc(-c4ccc5c(c4)c4ccccc4n5-c4ccccc4)ccc32)cc1. The maximum Gasteiger partial charge on any atom is 0.154 e. The molecular formula is C61H45N5. The van der Waals surface area contributed by atoms with Crippen LogP contribution in [0.2, 0.25) is 0 Å². The van der Waals surface area contributed by atoms with E-state index in [2.05, 4.69) is 245 Å². The first-order chi connectivity index (χ1) is 32.7. The fraction of sp³-hybridized carbons (Fsp3) is 0.0328. The molecule has 3 aromatic heterocycles. The average Bonchev–Trinajstić information content (AvgIpc) is 3.91. The molecule has 0 radical (unpaired) electrons. The Labute approximate surface area is 383 Å². The Morgan fingerprint density at radius 3 is 1.35 bits per heavy atom. The molecule has 0 unspecified atom stereocenters. The summed E-state index contributed by atoms with van der Waals surface area (Å²) >= 11 is 0. The fourth-order valence-electron chi connectivity index (χ4n) is 9.75. The lowest BCUT2D eigenvalue weighted by atomic mass is 9.98.